The second-order valence-electron chi connectivity index (χ2n) is 5.35. The molecule has 1 fully saturated rings. The van der Waals surface area contributed by atoms with Crippen LogP contribution < -0.4 is 10.6 Å². The maximum Gasteiger partial charge on any atom is 0.220 e. The van der Waals surface area contributed by atoms with Crippen LogP contribution in [0.4, 0.5) is 0 Å². The second kappa shape index (κ2) is 8.24. The average Bonchev–Trinajstić information content (AvgIpc) is 2.70. The van der Waals surface area contributed by atoms with Gasteiger partial charge in [-0.15, -0.1) is 0 Å². The molecule has 1 heterocycles. The van der Waals surface area contributed by atoms with Crippen LogP contribution in [0.15, 0.2) is 0 Å². The zero-order valence-electron chi connectivity index (χ0n) is 12.0. The molecule has 6 nitrogen and oxygen atoms in total. The summed E-state index contributed by atoms with van der Waals surface area (Å²) in [6, 6.07) is 0. The highest BCUT2D eigenvalue weighted by molar-refractivity contribution is 7.91. The minimum atomic E-state index is -2.84. The molecule has 0 radical (unpaired) electrons. The van der Waals surface area contributed by atoms with Crippen molar-refractivity contribution in [2.75, 3.05) is 24.6 Å². The Kier molecular flexibility index (Phi) is 6.98. The van der Waals surface area contributed by atoms with Gasteiger partial charge < -0.3 is 10.6 Å². The van der Waals surface area contributed by atoms with E-state index >= 15 is 0 Å². The van der Waals surface area contributed by atoms with Crippen LogP contribution in [0.1, 0.15) is 39.0 Å². The van der Waals surface area contributed by atoms with E-state index < -0.39 is 9.84 Å². The summed E-state index contributed by atoms with van der Waals surface area (Å²) in [6.45, 7) is 2.71. The Morgan fingerprint density at radius 1 is 1.15 bits per heavy atom. The second-order valence-corrected chi connectivity index (χ2v) is 7.58. The number of nitrogens with one attached hydrogen (secondary N) is 2. The number of hydrogen-bond donors (Lipinski definition) is 2. The van der Waals surface area contributed by atoms with Crippen LogP contribution >= 0.6 is 0 Å². The summed E-state index contributed by atoms with van der Waals surface area (Å²) in [5.41, 5.74) is 0. The van der Waals surface area contributed by atoms with Gasteiger partial charge in [-0.2, -0.15) is 0 Å². The molecule has 0 bridgehead atoms. The van der Waals surface area contributed by atoms with Crippen molar-refractivity contribution in [2.45, 2.75) is 39.0 Å². The van der Waals surface area contributed by atoms with Crippen LogP contribution in [0.5, 0.6) is 0 Å². The normalized spacial score (nSPS) is 20.6. The molecule has 1 aliphatic heterocycles. The molecule has 2 N–H and O–H groups in total. The highest BCUT2D eigenvalue weighted by Crippen LogP contribution is 2.22. The molecule has 1 aliphatic rings. The van der Waals surface area contributed by atoms with Crippen molar-refractivity contribution in [3.05, 3.63) is 0 Å². The van der Waals surface area contributed by atoms with Crippen LogP contribution in [0.3, 0.4) is 0 Å². The number of hydrogen-bond acceptors (Lipinski definition) is 4. The van der Waals surface area contributed by atoms with E-state index in [4.69, 9.17) is 0 Å². The smallest absolute Gasteiger partial charge is 0.220 e. The number of unbranched alkanes of at least 4 members (excludes halogenated alkanes) is 1. The van der Waals surface area contributed by atoms with Gasteiger partial charge in [-0.1, -0.05) is 0 Å². The maximum absolute atomic E-state index is 11.6. The van der Waals surface area contributed by atoms with Crippen molar-refractivity contribution in [3.8, 4) is 0 Å². The van der Waals surface area contributed by atoms with E-state index in [1.807, 2.05) is 0 Å². The van der Waals surface area contributed by atoms with Gasteiger partial charge in [0, 0.05) is 26.4 Å². The Labute approximate surface area is 120 Å². The van der Waals surface area contributed by atoms with E-state index in [0.717, 1.165) is 12.8 Å². The first kappa shape index (κ1) is 16.9. The summed E-state index contributed by atoms with van der Waals surface area (Å²) in [7, 11) is -2.84. The fourth-order valence-electron chi connectivity index (χ4n) is 2.27. The summed E-state index contributed by atoms with van der Waals surface area (Å²) < 4.78 is 22.6. The van der Waals surface area contributed by atoms with Crippen molar-refractivity contribution in [1.82, 2.24) is 10.6 Å². The Morgan fingerprint density at radius 3 is 2.35 bits per heavy atom. The quantitative estimate of drug-likeness (QED) is 0.628. The molecule has 0 aromatic heterocycles. The van der Waals surface area contributed by atoms with Gasteiger partial charge in [0.15, 0.2) is 9.84 Å². The summed E-state index contributed by atoms with van der Waals surface area (Å²) in [5, 5.41) is 5.51. The van der Waals surface area contributed by atoms with Gasteiger partial charge in [0.25, 0.3) is 0 Å². The highest BCUT2D eigenvalue weighted by Gasteiger charge is 2.27. The van der Waals surface area contributed by atoms with Gasteiger partial charge in [0.1, 0.15) is 0 Å². The van der Waals surface area contributed by atoms with E-state index in [1.165, 1.54) is 6.92 Å². The predicted octanol–water partition coefficient (Wildman–Crippen LogP) is 0.234. The molecule has 1 unspecified atom stereocenters. The van der Waals surface area contributed by atoms with Gasteiger partial charge >= 0.3 is 0 Å². The molecule has 0 saturated carbocycles. The zero-order chi connectivity index (χ0) is 15.0. The van der Waals surface area contributed by atoms with Gasteiger partial charge in [0.05, 0.1) is 11.5 Å². The third-order valence-corrected chi connectivity index (χ3v) is 5.24. The number of rotatable bonds is 8. The van der Waals surface area contributed by atoms with E-state index in [-0.39, 0.29) is 29.2 Å². The third-order valence-electron chi connectivity index (χ3n) is 3.41. The molecule has 0 aromatic rings. The molecule has 0 spiro atoms. The number of carbonyl (C=O) groups excluding carboxylic acids is 2. The zero-order valence-corrected chi connectivity index (χ0v) is 12.8. The Hall–Kier alpha value is -1.11. The van der Waals surface area contributed by atoms with Crippen LogP contribution in [0.2, 0.25) is 0 Å². The lowest BCUT2D eigenvalue weighted by molar-refractivity contribution is -0.121. The molecule has 2 amide bonds. The molecule has 0 aliphatic carbocycles. The predicted molar refractivity (Wildman–Crippen MR) is 76.9 cm³/mol. The van der Waals surface area contributed by atoms with Crippen molar-refractivity contribution >= 4 is 21.7 Å². The van der Waals surface area contributed by atoms with Crippen molar-refractivity contribution < 1.29 is 18.0 Å². The topological polar surface area (TPSA) is 92.3 Å². The first-order chi connectivity index (χ1) is 9.39. The molecule has 1 saturated heterocycles. The minimum absolute atomic E-state index is 0.0196. The van der Waals surface area contributed by atoms with Crippen molar-refractivity contribution in [1.29, 1.82) is 0 Å². The van der Waals surface area contributed by atoms with E-state index in [9.17, 15) is 18.0 Å². The van der Waals surface area contributed by atoms with Crippen molar-refractivity contribution in [3.63, 3.8) is 0 Å². The summed E-state index contributed by atoms with van der Waals surface area (Å²) in [6.07, 6.45) is 3.39. The molecule has 116 valence electrons. The minimum Gasteiger partial charge on any atom is -0.356 e. The lowest BCUT2D eigenvalue weighted by atomic mass is 10.0. The molecule has 0 aromatic carbocycles. The number of carbonyl (C=O) groups is 2. The van der Waals surface area contributed by atoms with Gasteiger partial charge in [-0.05, 0) is 31.6 Å². The monoisotopic (exact) mass is 304 g/mol. The lowest BCUT2D eigenvalue weighted by Gasteiger charge is -2.08. The SMILES string of the molecule is CC(=O)NCCCCNC(=O)CCC1CCS(=O)(=O)C1. The molecule has 1 rings (SSSR count). The fourth-order valence-corrected chi connectivity index (χ4v) is 4.18. The van der Waals surface area contributed by atoms with Crippen LogP contribution in [-0.2, 0) is 19.4 Å². The van der Waals surface area contributed by atoms with Crippen molar-refractivity contribution in [2.24, 2.45) is 5.92 Å². The summed E-state index contributed by atoms with van der Waals surface area (Å²) in [5.74, 6) is 0.583. The maximum atomic E-state index is 11.6. The Morgan fingerprint density at radius 2 is 1.80 bits per heavy atom. The first-order valence-corrected chi connectivity index (χ1v) is 8.93. The molecule has 1 atom stereocenters. The number of sulfone groups is 1. The fraction of sp³-hybridized carbons (Fsp3) is 0.846. The van der Waals surface area contributed by atoms with Crippen LogP contribution in [-0.4, -0.2) is 44.8 Å². The highest BCUT2D eigenvalue weighted by atomic mass is 32.2. The van der Waals surface area contributed by atoms with Gasteiger partial charge in [0.2, 0.25) is 11.8 Å². The first-order valence-electron chi connectivity index (χ1n) is 7.10. The number of amides is 2. The lowest BCUT2D eigenvalue weighted by Crippen LogP contribution is -2.26. The average molecular weight is 304 g/mol. The molecular weight excluding hydrogens is 280 g/mol. The summed E-state index contributed by atoms with van der Waals surface area (Å²) in [4.78, 5) is 22.2. The van der Waals surface area contributed by atoms with E-state index in [1.54, 1.807) is 0 Å². The van der Waals surface area contributed by atoms with E-state index in [2.05, 4.69) is 10.6 Å². The standard InChI is InChI=1S/C13H24N2O4S/c1-11(16)14-7-2-3-8-15-13(17)5-4-12-6-9-20(18,19)10-12/h12H,2-10H2,1H3,(H,14,16)(H,15,17). The molecule has 7 heteroatoms. The third kappa shape index (κ3) is 7.47. The van der Waals surface area contributed by atoms with E-state index in [0.29, 0.717) is 32.4 Å². The van der Waals surface area contributed by atoms with Crippen LogP contribution in [0.25, 0.3) is 0 Å². The van der Waals surface area contributed by atoms with Crippen LogP contribution in [0, 0.1) is 5.92 Å². The van der Waals surface area contributed by atoms with Gasteiger partial charge in [-0.25, -0.2) is 8.42 Å². The molecule has 20 heavy (non-hydrogen) atoms. The summed E-state index contributed by atoms with van der Waals surface area (Å²) >= 11 is 0. The Balaban J connectivity index is 2.00. The largest absolute Gasteiger partial charge is 0.356 e. The van der Waals surface area contributed by atoms with Gasteiger partial charge in [-0.3, -0.25) is 9.59 Å². The molecular formula is C13H24N2O4S. The Bertz CT molecular complexity index is 434.